The lowest BCUT2D eigenvalue weighted by atomic mass is 10.0. The topological polar surface area (TPSA) is 29.1 Å². The standard InChI is InChI=1S/C12H12BrNO/c13-11-6-1-2-7-12(11)14-9-4-3-5-10(15)8-9/h1-2,4,6-7,14H,3,5,8H2. The first-order valence-corrected chi connectivity index (χ1v) is 5.77. The van der Waals surface area contributed by atoms with Gasteiger partial charge in [-0.15, -0.1) is 0 Å². The molecule has 78 valence electrons. The molecule has 0 atom stereocenters. The summed E-state index contributed by atoms with van der Waals surface area (Å²) in [6.07, 6.45) is 4.16. The minimum absolute atomic E-state index is 0.312. The molecule has 0 unspecified atom stereocenters. The Morgan fingerprint density at radius 1 is 1.27 bits per heavy atom. The van der Waals surface area contributed by atoms with Gasteiger partial charge < -0.3 is 5.32 Å². The molecule has 15 heavy (non-hydrogen) atoms. The number of benzene rings is 1. The molecule has 0 bridgehead atoms. The van der Waals surface area contributed by atoms with Crippen molar-refractivity contribution >= 4 is 27.4 Å². The number of para-hydroxylation sites is 1. The van der Waals surface area contributed by atoms with Crippen molar-refractivity contribution < 1.29 is 4.79 Å². The van der Waals surface area contributed by atoms with Gasteiger partial charge in [0, 0.05) is 23.0 Å². The molecule has 0 aliphatic heterocycles. The Hall–Kier alpha value is -1.09. The molecule has 1 aliphatic rings. The van der Waals surface area contributed by atoms with Gasteiger partial charge in [0.1, 0.15) is 5.78 Å². The van der Waals surface area contributed by atoms with Crippen molar-refractivity contribution in [3.05, 3.63) is 40.5 Å². The van der Waals surface area contributed by atoms with Crippen LogP contribution in [0.1, 0.15) is 19.3 Å². The van der Waals surface area contributed by atoms with E-state index in [1.807, 2.05) is 24.3 Å². The van der Waals surface area contributed by atoms with Crippen molar-refractivity contribution in [3.63, 3.8) is 0 Å². The maximum atomic E-state index is 11.3. The molecule has 1 aliphatic carbocycles. The van der Waals surface area contributed by atoms with E-state index in [1.165, 1.54) is 0 Å². The lowest BCUT2D eigenvalue weighted by Gasteiger charge is -2.15. The molecule has 2 nitrogen and oxygen atoms in total. The van der Waals surface area contributed by atoms with E-state index in [4.69, 9.17) is 0 Å². The summed E-state index contributed by atoms with van der Waals surface area (Å²) in [6, 6.07) is 7.91. The van der Waals surface area contributed by atoms with Crippen molar-refractivity contribution in [3.8, 4) is 0 Å². The highest BCUT2D eigenvalue weighted by molar-refractivity contribution is 9.10. The van der Waals surface area contributed by atoms with Crippen LogP contribution in [-0.2, 0) is 4.79 Å². The molecule has 0 fully saturated rings. The highest BCUT2D eigenvalue weighted by atomic mass is 79.9. The van der Waals surface area contributed by atoms with Gasteiger partial charge in [0.05, 0.1) is 5.69 Å². The van der Waals surface area contributed by atoms with Gasteiger partial charge in [-0.25, -0.2) is 0 Å². The number of anilines is 1. The zero-order valence-electron chi connectivity index (χ0n) is 8.29. The Labute approximate surface area is 97.5 Å². The number of ketones is 1. The Morgan fingerprint density at radius 3 is 2.80 bits per heavy atom. The van der Waals surface area contributed by atoms with Gasteiger partial charge in [0.2, 0.25) is 0 Å². The summed E-state index contributed by atoms with van der Waals surface area (Å²) in [4.78, 5) is 11.3. The fourth-order valence-electron chi connectivity index (χ4n) is 1.61. The first-order chi connectivity index (χ1) is 7.25. The van der Waals surface area contributed by atoms with E-state index >= 15 is 0 Å². The molecule has 0 radical (unpaired) electrons. The molecular formula is C12H12BrNO. The van der Waals surface area contributed by atoms with Gasteiger partial charge in [-0.1, -0.05) is 18.2 Å². The Balaban J connectivity index is 2.12. The molecule has 0 saturated heterocycles. The van der Waals surface area contributed by atoms with Crippen LogP contribution in [0.4, 0.5) is 5.69 Å². The van der Waals surface area contributed by atoms with E-state index in [2.05, 4.69) is 27.3 Å². The van der Waals surface area contributed by atoms with Crippen LogP contribution in [-0.4, -0.2) is 5.78 Å². The van der Waals surface area contributed by atoms with Gasteiger partial charge in [-0.05, 0) is 34.5 Å². The van der Waals surface area contributed by atoms with Crippen LogP contribution in [0.5, 0.6) is 0 Å². The number of hydrogen-bond acceptors (Lipinski definition) is 2. The van der Waals surface area contributed by atoms with Crippen molar-refractivity contribution in [1.82, 2.24) is 0 Å². The predicted octanol–water partition coefficient (Wildman–Crippen LogP) is 3.50. The first kappa shape index (κ1) is 10.4. The molecular weight excluding hydrogens is 254 g/mol. The molecule has 1 aromatic carbocycles. The third-order valence-corrected chi connectivity index (χ3v) is 3.06. The van der Waals surface area contributed by atoms with E-state index in [1.54, 1.807) is 0 Å². The lowest BCUT2D eigenvalue weighted by Crippen LogP contribution is -2.11. The summed E-state index contributed by atoms with van der Waals surface area (Å²) in [7, 11) is 0. The van der Waals surface area contributed by atoms with Crippen molar-refractivity contribution in [2.24, 2.45) is 0 Å². The molecule has 0 amide bonds. The zero-order chi connectivity index (χ0) is 10.7. The van der Waals surface area contributed by atoms with E-state index in [0.29, 0.717) is 18.6 Å². The second-order valence-corrected chi connectivity index (χ2v) is 4.44. The van der Waals surface area contributed by atoms with Gasteiger partial charge in [-0.2, -0.15) is 0 Å². The zero-order valence-corrected chi connectivity index (χ0v) is 9.88. The predicted molar refractivity (Wildman–Crippen MR) is 64.7 cm³/mol. The van der Waals surface area contributed by atoms with Crippen molar-refractivity contribution in [1.29, 1.82) is 0 Å². The van der Waals surface area contributed by atoms with Crippen LogP contribution in [0.3, 0.4) is 0 Å². The molecule has 1 aromatic rings. The average molecular weight is 266 g/mol. The molecule has 2 rings (SSSR count). The summed E-state index contributed by atoms with van der Waals surface area (Å²) >= 11 is 3.46. The molecule has 0 aromatic heterocycles. The first-order valence-electron chi connectivity index (χ1n) is 4.98. The van der Waals surface area contributed by atoms with Crippen LogP contribution in [0.25, 0.3) is 0 Å². The van der Waals surface area contributed by atoms with Gasteiger partial charge in [0.25, 0.3) is 0 Å². The fraction of sp³-hybridized carbons (Fsp3) is 0.250. The fourth-order valence-corrected chi connectivity index (χ4v) is 2.00. The van der Waals surface area contributed by atoms with Crippen LogP contribution in [0.2, 0.25) is 0 Å². The Kier molecular flexibility index (Phi) is 3.21. The summed E-state index contributed by atoms with van der Waals surface area (Å²) in [6.45, 7) is 0. The largest absolute Gasteiger partial charge is 0.358 e. The van der Waals surface area contributed by atoms with Gasteiger partial charge in [-0.3, -0.25) is 4.79 Å². The lowest BCUT2D eigenvalue weighted by molar-refractivity contribution is -0.118. The highest BCUT2D eigenvalue weighted by Crippen LogP contribution is 2.25. The van der Waals surface area contributed by atoms with Crippen LogP contribution in [0.15, 0.2) is 40.5 Å². The summed E-state index contributed by atoms with van der Waals surface area (Å²) in [5, 5.41) is 3.27. The van der Waals surface area contributed by atoms with E-state index < -0.39 is 0 Å². The van der Waals surface area contributed by atoms with Crippen molar-refractivity contribution in [2.45, 2.75) is 19.3 Å². The number of hydrogen-bond donors (Lipinski definition) is 1. The van der Waals surface area contributed by atoms with Gasteiger partial charge in [0.15, 0.2) is 0 Å². The average Bonchev–Trinajstić information content (AvgIpc) is 2.22. The minimum Gasteiger partial charge on any atom is -0.358 e. The van der Waals surface area contributed by atoms with Gasteiger partial charge >= 0.3 is 0 Å². The molecule has 1 N–H and O–H groups in total. The minimum atomic E-state index is 0.312. The van der Waals surface area contributed by atoms with E-state index in [-0.39, 0.29) is 0 Å². The third kappa shape index (κ3) is 2.69. The quantitative estimate of drug-likeness (QED) is 0.887. The third-order valence-electron chi connectivity index (χ3n) is 2.37. The summed E-state index contributed by atoms with van der Waals surface area (Å²) in [5.41, 5.74) is 2.02. The van der Waals surface area contributed by atoms with Crippen molar-refractivity contribution in [2.75, 3.05) is 5.32 Å². The van der Waals surface area contributed by atoms with E-state index in [0.717, 1.165) is 22.3 Å². The molecule has 0 saturated carbocycles. The Bertz CT molecular complexity index is 412. The SMILES string of the molecule is O=C1CCC=C(Nc2ccccc2Br)C1. The summed E-state index contributed by atoms with van der Waals surface area (Å²) < 4.78 is 1.02. The number of nitrogens with one attached hydrogen (secondary N) is 1. The molecule has 3 heteroatoms. The van der Waals surface area contributed by atoms with Crippen LogP contribution < -0.4 is 5.32 Å². The molecule has 0 spiro atoms. The smallest absolute Gasteiger partial charge is 0.139 e. The van der Waals surface area contributed by atoms with Crippen LogP contribution in [0, 0.1) is 0 Å². The summed E-state index contributed by atoms with van der Waals surface area (Å²) in [5.74, 6) is 0.312. The highest BCUT2D eigenvalue weighted by Gasteiger charge is 2.11. The maximum Gasteiger partial charge on any atom is 0.139 e. The number of carbonyl (C=O) groups excluding carboxylic acids is 1. The van der Waals surface area contributed by atoms with Crippen LogP contribution >= 0.6 is 15.9 Å². The monoisotopic (exact) mass is 265 g/mol. The normalized spacial score (nSPS) is 16.1. The number of allylic oxidation sites excluding steroid dienone is 2. The number of carbonyl (C=O) groups is 1. The number of halogens is 1. The maximum absolute atomic E-state index is 11.3. The Morgan fingerprint density at radius 2 is 2.07 bits per heavy atom. The number of Topliss-reactive ketones (excluding diaryl/α,β-unsaturated/α-hetero) is 1. The second-order valence-electron chi connectivity index (χ2n) is 3.59. The number of rotatable bonds is 2. The second kappa shape index (κ2) is 4.62. The van der Waals surface area contributed by atoms with E-state index in [9.17, 15) is 4.79 Å². The molecule has 0 heterocycles.